The van der Waals surface area contributed by atoms with Gasteiger partial charge in [-0.25, -0.2) is 0 Å². The van der Waals surface area contributed by atoms with Crippen LogP contribution in [0.2, 0.25) is 0 Å². The number of H-pyrrole nitrogens is 1. The van der Waals surface area contributed by atoms with Crippen LogP contribution >= 0.6 is 0 Å². The van der Waals surface area contributed by atoms with Crippen molar-refractivity contribution in [2.75, 3.05) is 25.2 Å². The van der Waals surface area contributed by atoms with Crippen molar-refractivity contribution in [3.63, 3.8) is 0 Å². The van der Waals surface area contributed by atoms with Gasteiger partial charge in [0, 0.05) is 30.4 Å². The first-order chi connectivity index (χ1) is 14.6. The molecule has 156 valence electrons. The van der Waals surface area contributed by atoms with Crippen molar-refractivity contribution in [3.05, 3.63) is 53.7 Å². The minimum atomic E-state index is -0.256. The lowest BCUT2D eigenvalue weighted by Gasteiger charge is -2.17. The highest BCUT2D eigenvalue weighted by atomic mass is 16.5. The first-order valence-corrected chi connectivity index (χ1v) is 10.1. The SMILES string of the molecule is CCOc1ccc(CNC(=O)c2[nH]c3ccc(OC)cc3c2N2CCCC2=O)cc1. The molecule has 0 atom stereocenters. The van der Waals surface area contributed by atoms with E-state index in [0.29, 0.717) is 43.2 Å². The minimum Gasteiger partial charge on any atom is -0.497 e. The quantitative estimate of drug-likeness (QED) is 0.626. The van der Waals surface area contributed by atoms with Gasteiger partial charge in [0.05, 0.1) is 19.4 Å². The number of fused-ring (bicyclic) bond motifs is 1. The van der Waals surface area contributed by atoms with E-state index >= 15 is 0 Å². The smallest absolute Gasteiger partial charge is 0.270 e. The molecule has 1 aromatic heterocycles. The topological polar surface area (TPSA) is 83.7 Å². The van der Waals surface area contributed by atoms with E-state index in [-0.39, 0.29) is 11.8 Å². The second kappa shape index (κ2) is 8.49. The number of carbonyl (C=O) groups excluding carboxylic acids is 2. The van der Waals surface area contributed by atoms with Gasteiger partial charge in [-0.1, -0.05) is 12.1 Å². The molecule has 2 aromatic carbocycles. The Kier molecular flexibility index (Phi) is 5.61. The Morgan fingerprint density at radius 2 is 1.93 bits per heavy atom. The Balaban J connectivity index is 1.62. The summed E-state index contributed by atoms with van der Waals surface area (Å²) in [5.74, 6) is 1.25. The standard InChI is InChI=1S/C23H25N3O4/c1-3-30-16-8-6-15(7-9-16)14-24-23(28)21-22(26-12-4-5-20(26)27)18-13-17(29-2)10-11-19(18)25-21/h6-11,13,25H,3-5,12,14H2,1-2H3,(H,24,28). The molecule has 2 heterocycles. The van der Waals surface area contributed by atoms with Crippen LogP contribution < -0.4 is 19.7 Å². The van der Waals surface area contributed by atoms with Crippen molar-refractivity contribution < 1.29 is 19.1 Å². The molecule has 4 rings (SSSR count). The molecule has 1 aliphatic rings. The molecule has 30 heavy (non-hydrogen) atoms. The third-order valence-electron chi connectivity index (χ3n) is 5.24. The molecule has 0 unspecified atom stereocenters. The number of benzene rings is 2. The molecular formula is C23H25N3O4. The van der Waals surface area contributed by atoms with Gasteiger partial charge >= 0.3 is 0 Å². The normalized spacial score (nSPS) is 13.7. The summed E-state index contributed by atoms with van der Waals surface area (Å²) in [5, 5.41) is 3.76. The molecule has 0 aliphatic carbocycles. The van der Waals surface area contributed by atoms with E-state index in [0.717, 1.165) is 28.6 Å². The maximum Gasteiger partial charge on any atom is 0.270 e. The van der Waals surface area contributed by atoms with Crippen LogP contribution in [0.15, 0.2) is 42.5 Å². The molecule has 2 amide bonds. The fourth-order valence-electron chi connectivity index (χ4n) is 3.75. The largest absolute Gasteiger partial charge is 0.497 e. The van der Waals surface area contributed by atoms with Crippen LogP contribution in [0.1, 0.15) is 35.8 Å². The maximum absolute atomic E-state index is 13.1. The number of aromatic nitrogens is 1. The van der Waals surface area contributed by atoms with Crippen LogP contribution in [0.25, 0.3) is 10.9 Å². The maximum atomic E-state index is 13.1. The number of aromatic amines is 1. The van der Waals surface area contributed by atoms with Gasteiger partial charge in [-0.15, -0.1) is 0 Å². The van der Waals surface area contributed by atoms with Crippen molar-refractivity contribution in [1.29, 1.82) is 0 Å². The number of ether oxygens (including phenoxy) is 2. The van der Waals surface area contributed by atoms with Gasteiger partial charge in [-0.2, -0.15) is 0 Å². The molecule has 1 fully saturated rings. The zero-order chi connectivity index (χ0) is 21.1. The summed E-state index contributed by atoms with van der Waals surface area (Å²) in [6, 6.07) is 13.2. The van der Waals surface area contributed by atoms with Crippen molar-refractivity contribution in [1.82, 2.24) is 10.3 Å². The predicted molar refractivity (Wildman–Crippen MR) is 115 cm³/mol. The second-order valence-electron chi connectivity index (χ2n) is 7.17. The van der Waals surface area contributed by atoms with Crippen molar-refractivity contribution in [3.8, 4) is 11.5 Å². The Hall–Kier alpha value is -3.48. The molecule has 3 aromatic rings. The van der Waals surface area contributed by atoms with Crippen LogP contribution in [0.3, 0.4) is 0 Å². The molecule has 1 saturated heterocycles. The number of methoxy groups -OCH3 is 1. The first-order valence-electron chi connectivity index (χ1n) is 10.1. The van der Waals surface area contributed by atoms with E-state index in [1.807, 2.05) is 49.4 Å². The van der Waals surface area contributed by atoms with Gasteiger partial charge in [0.25, 0.3) is 5.91 Å². The van der Waals surface area contributed by atoms with E-state index in [9.17, 15) is 9.59 Å². The summed E-state index contributed by atoms with van der Waals surface area (Å²) in [6.45, 7) is 3.52. The fraction of sp³-hybridized carbons (Fsp3) is 0.304. The highest BCUT2D eigenvalue weighted by molar-refractivity contribution is 6.14. The molecule has 7 nitrogen and oxygen atoms in total. The molecule has 1 aliphatic heterocycles. The summed E-state index contributed by atoms with van der Waals surface area (Å²) >= 11 is 0. The molecule has 0 spiro atoms. The summed E-state index contributed by atoms with van der Waals surface area (Å²) in [5.41, 5.74) is 2.76. The summed E-state index contributed by atoms with van der Waals surface area (Å²) in [7, 11) is 1.60. The van der Waals surface area contributed by atoms with Gasteiger partial charge in [0.15, 0.2) is 0 Å². The van der Waals surface area contributed by atoms with E-state index in [2.05, 4.69) is 10.3 Å². The van der Waals surface area contributed by atoms with E-state index in [1.165, 1.54) is 0 Å². The van der Waals surface area contributed by atoms with Crippen LogP contribution in [-0.4, -0.2) is 37.1 Å². The zero-order valence-electron chi connectivity index (χ0n) is 17.2. The average molecular weight is 407 g/mol. The Bertz CT molecular complexity index is 1070. The Morgan fingerprint density at radius 3 is 2.60 bits per heavy atom. The van der Waals surface area contributed by atoms with Gasteiger partial charge in [-0.05, 0) is 49.2 Å². The van der Waals surface area contributed by atoms with Gasteiger partial charge in [-0.3, -0.25) is 9.59 Å². The Morgan fingerprint density at radius 1 is 1.17 bits per heavy atom. The predicted octanol–water partition coefficient (Wildman–Crippen LogP) is 3.63. The van der Waals surface area contributed by atoms with Crippen LogP contribution in [0.4, 0.5) is 5.69 Å². The zero-order valence-corrected chi connectivity index (χ0v) is 17.2. The number of nitrogens with one attached hydrogen (secondary N) is 2. The number of amides is 2. The molecule has 0 radical (unpaired) electrons. The van der Waals surface area contributed by atoms with E-state index < -0.39 is 0 Å². The Labute approximate surface area is 175 Å². The highest BCUT2D eigenvalue weighted by Gasteiger charge is 2.29. The molecule has 7 heteroatoms. The van der Waals surface area contributed by atoms with Crippen LogP contribution in [-0.2, 0) is 11.3 Å². The molecule has 0 saturated carbocycles. The average Bonchev–Trinajstić information content (AvgIpc) is 3.35. The monoisotopic (exact) mass is 407 g/mol. The van der Waals surface area contributed by atoms with Gasteiger partial charge < -0.3 is 24.7 Å². The number of anilines is 1. The highest BCUT2D eigenvalue weighted by Crippen LogP contribution is 2.36. The fourth-order valence-corrected chi connectivity index (χ4v) is 3.75. The lowest BCUT2D eigenvalue weighted by Crippen LogP contribution is -2.29. The number of hydrogen-bond acceptors (Lipinski definition) is 4. The first kappa shape index (κ1) is 19.8. The lowest BCUT2D eigenvalue weighted by molar-refractivity contribution is -0.117. The van der Waals surface area contributed by atoms with Crippen molar-refractivity contribution in [2.24, 2.45) is 0 Å². The molecular weight excluding hydrogens is 382 g/mol. The number of rotatable bonds is 7. The van der Waals surface area contributed by atoms with Crippen LogP contribution in [0.5, 0.6) is 11.5 Å². The van der Waals surface area contributed by atoms with Gasteiger partial charge in [0.2, 0.25) is 5.91 Å². The van der Waals surface area contributed by atoms with Crippen molar-refractivity contribution >= 4 is 28.4 Å². The lowest BCUT2D eigenvalue weighted by atomic mass is 10.1. The summed E-state index contributed by atoms with van der Waals surface area (Å²) in [4.78, 5) is 30.4. The third kappa shape index (κ3) is 3.83. The van der Waals surface area contributed by atoms with Crippen molar-refractivity contribution in [2.45, 2.75) is 26.3 Å². The van der Waals surface area contributed by atoms with E-state index in [4.69, 9.17) is 9.47 Å². The third-order valence-corrected chi connectivity index (χ3v) is 5.24. The minimum absolute atomic E-state index is 0.0271. The van der Waals surface area contributed by atoms with Gasteiger partial charge in [0.1, 0.15) is 17.2 Å². The number of nitrogens with zero attached hydrogens (tertiary/aromatic N) is 1. The van der Waals surface area contributed by atoms with E-state index in [1.54, 1.807) is 12.0 Å². The summed E-state index contributed by atoms with van der Waals surface area (Å²) in [6.07, 6.45) is 1.27. The number of carbonyl (C=O) groups is 2. The van der Waals surface area contributed by atoms with Crippen LogP contribution in [0, 0.1) is 0 Å². The summed E-state index contributed by atoms with van der Waals surface area (Å²) < 4.78 is 10.8. The second-order valence-corrected chi connectivity index (χ2v) is 7.17. The molecule has 0 bridgehead atoms. The molecule has 2 N–H and O–H groups in total. The number of hydrogen-bond donors (Lipinski definition) is 2.